The molecule has 0 saturated heterocycles. The standard InChI is InChI=1S/C12H10S2/c1-7-3-4-10-11(8(7)2)9-5-6-13-12(9)14-10/h3-6H,1-2H3. The van der Waals surface area contributed by atoms with Gasteiger partial charge in [0.1, 0.15) is 0 Å². The van der Waals surface area contributed by atoms with E-state index in [0.29, 0.717) is 0 Å². The highest BCUT2D eigenvalue weighted by molar-refractivity contribution is 7.41. The number of hydrogen-bond donors (Lipinski definition) is 0. The van der Waals surface area contributed by atoms with Gasteiger partial charge in [-0.3, -0.25) is 0 Å². The number of aryl methyl sites for hydroxylation is 2. The number of hydrogen-bond acceptors (Lipinski definition) is 2. The van der Waals surface area contributed by atoms with Gasteiger partial charge in [-0.05, 0) is 42.5 Å². The Morgan fingerprint density at radius 3 is 2.79 bits per heavy atom. The van der Waals surface area contributed by atoms with Crippen molar-refractivity contribution in [3.05, 3.63) is 34.7 Å². The molecule has 0 radical (unpaired) electrons. The van der Waals surface area contributed by atoms with Crippen LogP contribution in [0.4, 0.5) is 0 Å². The fourth-order valence-corrected chi connectivity index (χ4v) is 4.10. The smallest absolute Gasteiger partial charge is 0.0877 e. The van der Waals surface area contributed by atoms with Crippen molar-refractivity contribution in [2.24, 2.45) is 0 Å². The van der Waals surface area contributed by atoms with Crippen molar-refractivity contribution in [3.63, 3.8) is 0 Å². The molecule has 2 heteroatoms. The van der Waals surface area contributed by atoms with Gasteiger partial charge in [-0.15, -0.1) is 22.7 Å². The van der Waals surface area contributed by atoms with E-state index in [4.69, 9.17) is 0 Å². The molecule has 0 aliphatic rings. The van der Waals surface area contributed by atoms with E-state index in [2.05, 4.69) is 37.4 Å². The highest BCUT2D eigenvalue weighted by Gasteiger charge is 2.08. The van der Waals surface area contributed by atoms with Gasteiger partial charge in [-0.25, -0.2) is 0 Å². The van der Waals surface area contributed by atoms with Gasteiger partial charge in [0.25, 0.3) is 0 Å². The molecule has 0 unspecified atom stereocenters. The van der Waals surface area contributed by atoms with Crippen molar-refractivity contribution >= 4 is 42.2 Å². The summed E-state index contributed by atoms with van der Waals surface area (Å²) in [6.45, 7) is 4.41. The fraction of sp³-hybridized carbons (Fsp3) is 0.167. The van der Waals surface area contributed by atoms with Gasteiger partial charge >= 0.3 is 0 Å². The molecule has 0 atom stereocenters. The summed E-state index contributed by atoms with van der Waals surface area (Å²) in [7, 11) is 0. The van der Waals surface area contributed by atoms with Crippen LogP contribution in [0.3, 0.4) is 0 Å². The summed E-state index contributed by atoms with van der Waals surface area (Å²) in [5.41, 5.74) is 2.83. The lowest BCUT2D eigenvalue weighted by Gasteiger charge is -2.00. The molecule has 1 aromatic carbocycles. The zero-order valence-corrected chi connectivity index (χ0v) is 9.76. The van der Waals surface area contributed by atoms with Gasteiger partial charge in [0.15, 0.2) is 0 Å². The average Bonchev–Trinajstić information content (AvgIpc) is 2.70. The van der Waals surface area contributed by atoms with Crippen LogP contribution in [0.5, 0.6) is 0 Å². The molecule has 14 heavy (non-hydrogen) atoms. The van der Waals surface area contributed by atoms with Crippen molar-refractivity contribution in [3.8, 4) is 0 Å². The summed E-state index contributed by atoms with van der Waals surface area (Å²) < 4.78 is 2.88. The molecule has 0 fully saturated rings. The first-order valence-corrected chi connectivity index (χ1v) is 6.33. The minimum absolute atomic E-state index is 1.39. The Bertz CT molecular complexity index is 614. The first-order valence-electron chi connectivity index (χ1n) is 4.63. The first-order chi connectivity index (χ1) is 6.77. The highest BCUT2D eigenvalue weighted by atomic mass is 32.2. The minimum atomic E-state index is 1.39. The van der Waals surface area contributed by atoms with Crippen LogP contribution in [0.2, 0.25) is 0 Å². The van der Waals surface area contributed by atoms with E-state index in [9.17, 15) is 0 Å². The summed E-state index contributed by atoms with van der Waals surface area (Å²) in [5.74, 6) is 0. The van der Waals surface area contributed by atoms with Crippen LogP contribution in [0, 0.1) is 13.8 Å². The van der Waals surface area contributed by atoms with E-state index in [-0.39, 0.29) is 0 Å². The molecule has 0 saturated carbocycles. The summed E-state index contributed by atoms with van der Waals surface area (Å²) in [6.07, 6.45) is 0. The van der Waals surface area contributed by atoms with E-state index < -0.39 is 0 Å². The lowest BCUT2D eigenvalue weighted by Crippen LogP contribution is -1.79. The maximum absolute atomic E-state index is 2.25. The Hall–Kier alpha value is -0.860. The third kappa shape index (κ3) is 0.983. The summed E-state index contributed by atoms with van der Waals surface area (Å²) >= 11 is 3.76. The number of rotatable bonds is 0. The third-order valence-corrected chi connectivity index (χ3v) is 5.01. The Morgan fingerprint density at radius 2 is 1.93 bits per heavy atom. The second-order valence-electron chi connectivity index (χ2n) is 3.60. The Kier molecular flexibility index (Phi) is 1.70. The number of benzene rings is 1. The van der Waals surface area contributed by atoms with Crippen LogP contribution in [0.15, 0.2) is 23.6 Å². The molecule has 0 bridgehead atoms. The molecule has 0 aliphatic heterocycles. The second-order valence-corrected chi connectivity index (χ2v) is 5.83. The van der Waals surface area contributed by atoms with Gasteiger partial charge < -0.3 is 0 Å². The lowest BCUT2D eigenvalue weighted by atomic mass is 10.0. The minimum Gasteiger partial charge on any atom is -0.133 e. The van der Waals surface area contributed by atoms with E-state index >= 15 is 0 Å². The van der Waals surface area contributed by atoms with Crippen LogP contribution in [0.1, 0.15) is 11.1 Å². The first kappa shape index (κ1) is 8.45. The van der Waals surface area contributed by atoms with Crippen LogP contribution < -0.4 is 0 Å². The van der Waals surface area contributed by atoms with Gasteiger partial charge in [0, 0.05) is 15.5 Å². The molecule has 0 amide bonds. The largest absolute Gasteiger partial charge is 0.133 e. The fourth-order valence-electron chi connectivity index (χ4n) is 1.87. The molecule has 70 valence electrons. The number of fused-ring (bicyclic) bond motifs is 3. The van der Waals surface area contributed by atoms with Crippen LogP contribution in [-0.2, 0) is 0 Å². The van der Waals surface area contributed by atoms with Gasteiger partial charge in [-0.2, -0.15) is 0 Å². The third-order valence-electron chi connectivity index (χ3n) is 2.80. The maximum Gasteiger partial charge on any atom is 0.0877 e. The molecular weight excluding hydrogens is 208 g/mol. The molecular formula is C12H10S2. The molecule has 3 rings (SSSR count). The monoisotopic (exact) mass is 218 g/mol. The van der Waals surface area contributed by atoms with Crippen LogP contribution in [0.25, 0.3) is 19.5 Å². The van der Waals surface area contributed by atoms with Crippen LogP contribution >= 0.6 is 22.7 Å². The Morgan fingerprint density at radius 1 is 1.07 bits per heavy atom. The molecule has 0 N–H and O–H groups in total. The molecule has 2 heterocycles. The summed E-state index contributed by atoms with van der Waals surface area (Å²) in [6, 6.07) is 6.71. The van der Waals surface area contributed by atoms with Crippen molar-refractivity contribution in [2.45, 2.75) is 13.8 Å². The molecule has 0 spiro atoms. The van der Waals surface area contributed by atoms with Crippen LogP contribution in [-0.4, -0.2) is 0 Å². The quantitative estimate of drug-likeness (QED) is 0.511. The van der Waals surface area contributed by atoms with Gasteiger partial charge in [0.05, 0.1) is 4.01 Å². The van der Waals surface area contributed by atoms with Gasteiger partial charge in [-0.1, -0.05) is 6.07 Å². The number of thiophene rings is 2. The lowest BCUT2D eigenvalue weighted by molar-refractivity contribution is 1.39. The Balaban J connectivity index is 2.65. The van der Waals surface area contributed by atoms with Crippen molar-refractivity contribution in [1.82, 2.24) is 0 Å². The molecule has 0 aliphatic carbocycles. The molecule has 2 aromatic heterocycles. The van der Waals surface area contributed by atoms with E-state index in [0.717, 1.165) is 0 Å². The van der Waals surface area contributed by atoms with Crippen molar-refractivity contribution < 1.29 is 0 Å². The predicted octanol–water partition coefficient (Wildman–Crippen LogP) is 4.73. The maximum atomic E-state index is 2.25. The van der Waals surface area contributed by atoms with E-state index in [1.165, 1.54) is 30.6 Å². The normalized spacial score (nSPS) is 11.6. The summed E-state index contributed by atoms with van der Waals surface area (Å²) in [4.78, 5) is 0. The highest BCUT2D eigenvalue weighted by Crippen LogP contribution is 2.39. The van der Waals surface area contributed by atoms with Gasteiger partial charge in [0.2, 0.25) is 0 Å². The second kappa shape index (κ2) is 2.81. The van der Waals surface area contributed by atoms with E-state index in [1.54, 1.807) is 0 Å². The summed E-state index contributed by atoms with van der Waals surface area (Å²) in [5, 5.41) is 5.09. The topological polar surface area (TPSA) is 0 Å². The van der Waals surface area contributed by atoms with E-state index in [1.807, 2.05) is 22.7 Å². The SMILES string of the molecule is Cc1ccc2sc3sccc3c2c1C. The zero-order chi connectivity index (χ0) is 9.71. The molecule has 3 aromatic rings. The molecule has 0 nitrogen and oxygen atoms in total. The van der Waals surface area contributed by atoms with Crippen molar-refractivity contribution in [1.29, 1.82) is 0 Å². The average molecular weight is 218 g/mol. The predicted molar refractivity (Wildman–Crippen MR) is 66.7 cm³/mol. The zero-order valence-electron chi connectivity index (χ0n) is 8.13. The Labute approximate surface area is 90.8 Å². The van der Waals surface area contributed by atoms with Crippen molar-refractivity contribution in [2.75, 3.05) is 0 Å².